The standard InChI is InChI=1S/C23H23F3N6O2/c1-13(33)29-20-18(26)11-27-22(30-20)31-7-3-17(23(12-31)4-5-23)21(34)32-19(2-6-28-32)14-8-15(24)10-16(25)9-14/h6,8-11,17,19H,2-5,7,12H2,1H3,(H,27,29,30,33). The number of nitrogens with zero attached hydrogens (tertiary/aromatic N) is 5. The number of hydrogen-bond acceptors (Lipinski definition) is 6. The van der Waals surface area contributed by atoms with Gasteiger partial charge in [0, 0.05) is 44.6 Å². The Bertz CT molecular complexity index is 1170. The lowest BCUT2D eigenvalue weighted by atomic mass is 9.81. The van der Waals surface area contributed by atoms with Crippen LogP contribution in [0.1, 0.15) is 44.2 Å². The summed E-state index contributed by atoms with van der Waals surface area (Å²) in [7, 11) is 0. The molecule has 11 heteroatoms. The van der Waals surface area contributed by atoms with Gasteiger partial charge < -0.3 is 10.2 Å². The van der Waals surface area contributed by atoms with E-state index >= 15 is 0 Å². The van der Waals surface area contributed by atoms with E-state index < -0.39 is 29.4 Å². The number of rotatable bonds is 4. The molecule has 1 aliphatic carbocycles. The molecular formula is C23H23F3N6O2. The van der Waals surface area contributed by atoms with E-state index in [2.05, 4.69) is 20.4 Å². The summed E-state index contributed by atoms with van der Waals surface area (Å²) in [6.45, 7) is 2.23. The number of halogens is 3. The Morgan fingerprint density at radius 3 is 2.56 bits per heavy atom. The SMILES string of the molecule is CC(=O)Nc1nc(N2CCC(C(=O)N3N=CCC3c3cc(F)cc(F)c3)C3(CC3)C2)ncc1F. The third-order valence-corrected chi connectivity index (χ3v) is 6.76. The highest BCUT2D eigenvalue weighted by molar-refractivity contribution is 5.87. The summed E-state index contributed by atoms with van der Waals surface area (Å²) in [5, 5.41) is 7.96. The van der Waals surface area contributed by atoms with Crippen molar-refractivity contribution in [1.82, 2.24) is 15.0 Å². The molecule has 8 nitrogen and oxygen atoms in total. The molecule has 1 aromatic heterocycles. The van der Waals surface area contributed by atoms with Gasteiger partial charge in [0.25, 0.3) is 0 Å². The summed E-state index contributed by atoms with van der Waals surface area (Å²) < 4.78 is 41.5. The van der Waals surface area contributed by atoms with E-state index in [0.29, 0.717) is 31.5 Å². The Kier molecular flexibility index (Phi) is 5.49. The molecule has 3 aliphatic rings. The predicted octanol–water partition coefficient (Wildman–Crippen LogP) is 3.42. The smallest absolute Gasteiger partial charge is 0.247 e. The Morgan fingerprint density at radius 2 is 1.88 bits per heavy atom. The third-order valence-electron chi connectivity index (χ3n) is 6.76. The molecular weight excluding hydrogens is 449 g/mol. The maximum absolute atomic E-state index is 14.0. The molecule has 34 heavy (non-hydrogen) atoms. The Labute approximate surface area is 193 Å². The van der Waals surface area contributed by atoms with Crippen molar-refractivity contribution in [3.05, 3.63) is 47.4 Å². The molecule has 2 unspecified atom stereocenters. The molecule has 0 radical (unpaired) electrons. The monoisotopic (exact) mass is 472 g/mol. The first kappa shape index (κ1) is 22.3. The van der Waals surface area contributed by atoms with Crippen molar-refractivity contribution in [2.24, 2.45) is 16.4 Å². The number of benzene rings is 1. The maximum atomic E-state index is 14.0. The highest BCUT2D eigenvalue weighted by Gasteiger charge is 2.57. The van der Waals surface area contributed by atoms with E-state index in [1.807, 2.05) is 4.90 Å². The molecule has 2 fully saturated rings. The van der Waals surface area contributed by atoms with Gasteiger partial charge in [0.15, 0.2) is 11.6 Å². The van der Waals surface area contributed by atoms with Crippen LogP contribution in [0.15, 0.2) is 29.5 Å². The summed E-state index contributed by atoms with van der Waals surface area (Å²) in [5.41, 5.74) is 0.0766. The number of hydrogen-bond donors (Lipinski definition) is 1. The van der Waals surface area contributed by atoms with Crippen LogP contribution in [0.5, 0.6) is 0 Å². The van der Waals surface area contributed by atoms with Crippen molar-refractivity contribution in [2.45, 2.75) is 38.6 Å². The fraction of sp³-hybridized carbons (Fsp3) is 0.435. The van der Waals surface area contributed by atoms with Crippen molar-refractivity contribution in [1.29, 1.82) is 0 Å². The highest BCUT2D eigenvalue weighted by atomic mass is 19.1. The minimum atomic E-state index is -0.725. The van der Waals surface area contributed by atoms with Gasteiger partial charge in [-0.05, 0) is 42.4 Å². The molecule has 1 saturated heterocycles. The zero-order chi connectivity index (χ0) is 24.0. The second-order valence-electron chi connectivity index (χ2n) is 9.11. The molecule has 1 N–H and O–H groups in total. The van der Waals surface area contributed by atoms with Gasteiger partial charge in [-0.3, -0.25) is 9.59 Å². The largest absolute Gasteiger partial charge is 0.340 e. The first-order valence-electron chi connectivity index (χ1n) is 11.1. The molecule has 2 atom stereocenters. The fourth-order valence-corrected chi connectivity index (χ4v) is 4.98. The Balaban J connectivity index is 1.34. The van der Waals surface area contributed by atoms with Crippen LogP contribution < -0.4 is 10.2 Å². The summed E-state index contributed by atoms with van der Waals surface area (Å²) in [6.07, 6.45) is 5.16. The van der Waals surface area contributed by atoms with Crippen molar-refractivity contribution in [3.63, 3.8) is 0 Å². The normalized spacial score (nSPS) is 22.8. The average Bonchev–Trinajstić information content (AvgIpc) is 3.35. The third kappa shape index (κ3) is 4.10. The van der Waals surface area contributed by atoms with Crippen molar-refractivity contribution in [2.75, 3.05) is 23.3 Å². The zero-order valence-corrected chi connectivity index (χ0v) is 18.5. The second-order valence-corrected chi connectivity index (χ2v) is 9.11. The van der Waals surface area contributed by atoms with E-state index in [0.717, 1.165) is 25.1 Å². The molecule has 0 bridgehead atoms. The first-order chi connectivity index (χ1) is 16.3. The summed E-state index contributed by atoms with van der Waals surface area (Å²) in [5.74, 6) is -2.93. The van der Waals surface area contributed by atoms with Crippen LogP contribution in [0.3, 0.4) is 0 Å². The van der Waals surface area contributed by atoms with Crippen molar-refractivity contribution in [3.8, 4) is 0 Å². The van der Waals surface area contributed by atoms with E-state index in [4.69, 9.17) is 0 Å². The molecule has 2 amide bonds. The van der Waals surface area contributed by atoms with Gasteiger partial charge in [0.1, 0.15) is 11.6 Å². The molecule has 1 aromatic carbocycles. The number of anilines is 2. The van der Waals surface area contributed by atoms with Gasteiger partial charge in [-0.1, -0.05) is 0 Å². The van der Waals surface area contributed by atoms with Gasteiger partial charge >= 0.3 is 0 Å². The maximum Gasteiger partial charge on any atom is 0.247 e. The Hall–Kier alpha value is -3.50. The van der Waals surface area contributed by atoms with E-state index in [1.165, 1.54) is 24.1 Å². The van der Waals surface area contributed by atoms with E-state index in [9.17, 15) is 22.8 Å². The van der Waals surface area contributed by atoms with E-state index in [1.54, 1.807) is 6.21 Å². The zero-order valence-electron chi connectivity index (χ0n) is 18.5. The topological polar surface area (TPSA) is 90.8 Å². The fourth-order valence-electron chi connectivity index (χ4n) is 4.98. The van der Waals surface area contributed by atoms with E-state index in [-0.39, 0.29) is 29.0 Å². The molecule has 3 heterocycles. The molecule has 2 aromatic rings. The van der Waals surface area contributed by atoms with Crippen LogP contribution in [0.25, 0.3) is 0 Å². The molecule has 5 rings (SSSR count). The van der Waals surface area contributed by atoms with Crippen molar-refractivity contribution >= 4 is 29.8 Å². The van der Waals surface area contributed by atoms with Crippen LogP contribution in [-0.2, 0) is 9.59 Å². The lowest BCUT2D eigenvalue weighted by molar-refractivity contribution is -0.140. The minimum absolute atomic E-state index is 0.167. The number of aromatic nitrogens is 2. The van der Waals surface area contributed by atoms with Gasteiger partial charge in [0.2, 0.25) is 17.8 Å². The first-order valence-corrected chi connectivity index (χ1v) is 11.1. The van der Waals surface area contributed by atoms with Gasteiger partial charge in [0.05, 0.1) is 12.2 Å². The lowest BCUT2D eigenvalue weighted by Crippen LogP contribution is -2.48. The van der Waals surface area contributed by atoms with Crippen LogP contribution in [0.2, 0.25) is 0 Å². The van der Waals surface area contributed by atoms with Crippen LogP contribution in [0, 0.1) is 28.8 Å². The molecule has 1 saturated carbocycles. The van der Waals surface area contributed by atoms with Gasteiger partial charge in [-0.2, -0.15) is 10.1 Å². The molecule has 2 aliphatic heterocycles. The quantitative estimate of drug-likeness (QED) is 0.737. The van der Waals surface area contributed by atoms with Crippen LogP contribution >= 0.6 is 0 Å². The number of hydrazone groups is 1. The molecule has 1 spiro atoms. The lowest BCUT2D eigenvalue weighted by Gasteiger charge is -2.40. The number of carbonyl (C=O) groups is 2. The number of piperidine rings is 1. The average molecular weight is 472 g/mol. The van der Waals surface area contributed by atoms with Gasteiger partial charge in [-0.25, -0.2) is 23.2 Å². The van der Waals surface area contributed by atoms with Gasteiger partial charge in [-0.15, -0.1) is 0 Å². The van der Waals surface area contributed by atoms with Crippen LogP contribution in [-0.4, -0.2) is 46.1 Å². The molecule has 178 valence electrons. The van der Waals surface area contributed by atoms with Crippen molar-refractivity contribution < 1.29 is 22.8 Å². The minimum Gasteiger partial charge on any atom is -0.340 e. The number of nitrogens with one attached hydrogen (secondary N) is 1. The second kappa shape index (κ2) is 8.37. The summed E-state index contributed by atoms with van der Waals surface area (Å²) >= 11 is 0. The Morgan fingerprint density at radius 1 is 1.15 bits per heavy atom. The summed E-state index contributed by atoms with van der Waals surface area (Å²) in [4.78, 5) is 35.0. The van der Waals surface area contributed by atoms with Crippen LogP contribution in [0.4, 0.5) is 24.9 Å². The highest BCUT2D eigenvalue weighted by Crippen LogP contribution is 2.57. The number of carbonyl (C=O) groups excluding carboxylic acids is 2. The number of amides is 2. The predicted molar refractivity (Wildman–Crippen MR) is 117 cm³/mol. The summed E-state index contributed by atoms with van der Waals surface area (Å²) in [6, 6.07) is 2.72.